The van der Waals surface area contributed by atoms with Crippen LogP contribution in [-0.2, 0) is 9.53 Å². The summed E-state index contributed by atoms with van der Waals surface area (Å²) in [5.41, 5.74) is 2.17. The zero-order valence-corrected chi connectivity index (χ0v) is 15.5. The van der Waals surface area contributed by atoms with Gasteiger partial charge in [0.1, 0.15) is 23.4 Å². The summed E-state index contributed by atoms with van der Waals surface area (Å²) < 4.78 is 4.72. The molecule has 0 bridgehead atoms. The molecule has 2 N–H and O–H groups in total. The molecule has 3 aromatic heterocycles. The average Bonchev–Trinajstić information content (AvgIpc) is 3.36. The van der Waals surface area contributed by atoms with Crippen LogP contribution < -0.4 is 5.32 Å². The molecule has 4 heterocycles. The minimum absolute atomic E-state index is 0. The van der Waals surface area contributed by atoms with Crippen LogP contribution in [0.4, 0.5) is 9.93 Å². The Morgan fingerprint density at radius 2 is 2.19 bits per heavy atom. The molecule has 0 radical (unpaired) electrons. The fourth-order valence-corrected chi connectivity index (χ4v) is 3.88. The van der Waals surface area contributed by atoms with Crippen molar-refractivity contribution in [2.45, 2.75) is 12.8 Å². The maximum atomic E-state index is 12.5. The number of thiazole rings is 1. The van der Waals surface area contributed by atoms with Gasteiger partial charge in [0, 0.05) is 38.8 Å². The van der Waals surface area contributed by atoms with Crippen molar-refractivity contribution in [3.63, 3.8) is 0 Å². The highest BCUT2D eigenvalue weighted by molar-refractivity contribution is 7.14. The number of H-pyrrole nitrogens is 1. The number of aromatic amines is 1. The number of rotatable bonds is 3. The van der Waals surface area contributed by atoms with E-state index in [0.29, 0.717) is 36.8 Å². The van der Waals surface area contributed by atoms with Crippen molar-refractivity contribution in [2.24, 2.45) is 5.92 Å². The molecule has 1 aliphatic heterocycles. The third-order valence-corrected chi connectivity index (χ3v) is 5.39. The van der Waals surface area contributed by atoms with Crippen LogP contribution in [0.15, 0.2) is 24.0 Å². The van der Waals surface area contributed by atoms with Crippen molar-refractivity contribution in [3.05, 3.63) is 24.0 Å². The fourth-order valence-electron chi connectivity index (χ4n) is 3.18. The Kier molecular flexibility index (Phi) is 4.71. The van der Waals surface area contributed by atoms with E-state index in [1.54, 1.807) is 11.1 Å². The summed E-state index contributed by atoms with van der Waals surface area (Å²) in [4.78, 5) is 41.7. The third kappa shape index (κ3) is 3.47. The van der Waals surface area contributed by atoms with Gasteiger partial charge in [-0.15, -0.1) is 11.3 Å². The van der Waals surface area contributed by atoms with Gasteiger partial charge >= 0.3 is 6.09 Å². The minimum atomic E-state index is -0.348. The van der Waals surface area contributed by atoms with E-state index in [2.05, 4.69) is 25.3 Å². The quantitative estimate of drug-likeness (QED) is 0.711. The molecule has 10 heteroatoms. The topological polar surface area (TPSA) is 113 Å². The van der Waals surface area contributed by atoms with Gasteiger partial charge in [-0.05, 0) is 18.9 Å². The number of piperidine rings is 1. The van der Waals surface area contributed by atoms with Crippen LogP contribution >= 0.6 is 11.3 Å². The molecule has 2 amide bonds. The summed E-state index contributed by atoms with van der Waals surface area (Å²) >= 11 is 1.36. The number of carbonyl (C=O) groups is 2. The number of amides is 2. The monoisotopic (exact) mass is 390 g/mol. The van der Waals surface area contributed by atoms with Crippen LogP contribution in [0.25, 0.3) is 22.4 Å². The molecule has 0 atom stereocenters. The number of ether oxygens (including phenoxy) is 1. The number of nitrogens with zero attached hydrogens (tertiary/aromatic N) is 4. The fraction of sp³-hybridized carbons (Fsp3) is 0.353. The average molecular weight is 390 g/mol. The molecular formula is C17H22N6O3S. The van der Waals surface area contributed by atoms with Gasteiger partial charge in [-0.25, -0.2) is 19.7 Å². The lowest BCUT2D eigenvalue weighted by molar-refractivity contribution is -0.121. The highest BCUT2D eigenvalue weighted by atomic mass is 32.1. The van der Waals surface area contributed by atoms with Crippen LogP contribution in [0, 0.1) is 5.92 Å². The van der Waals surface area contributed by atoms with Crippen LogP contribution in [-0.4, -0.2) is 57.0 Å². The molecule has 0 spiro atoms. The van der Waals surface area contributed by atoms with Crippen molar-refractivity contribution in [3.8, 4) is 11.4 Å². The lowest BCUT2D eigenvalue weighted by Crippen LogP contribution is -2.41. The molecule has 9 nitrogen and oxygen atoms in total. The Morgan fingerprint density at radius 3 is 2.96 bits per heavy atom. The van der Waals surface area contributed by atoms with E-state index in [1.807, 2.05) is 11.4 Å². The first-order valence-electron chi connectivity index (χ1n) is 8.53. The molecule has 0 unspecified atom stereocenters. The molecule has 0 aromatic carbocycles. The summed E-state index contributed by atoms with van der Waals surface area (Å²) in [6, 6.07) is 1.90. The lowest BCUT2D eigenvalue weighted by atomic mass is 9.96. The van der Waals surface area contributed by atoms with Gasteiger partial charge in [0.15, 0.2) is 5.13 Å². The molecule has 1 saturated heterocycles. The van der Waals surface area contributed by atoms with Gasteiger partial charge in [0.25, 0.3) is 0 Å². The van der Waals surface area contributed by atoms with Crippen molar-refractivity contribution in [1.29, 1.82) is 0 Å². The maximum Gasteiger partial charge on any atom is 0.409 e. The van der Waals surface area contributed by atoms with Crippen molar-refractivity contribution >= 4 is 39.5 Å². The Hall–Kier alpha value is -3.01. The molecule has 27 heavy (non-hydrogen) atoms. The smallest absolute Gasteiger partial charge is 0.409 e. The number of hydrogen-bond donors (Lipinski definition) is 2. The first kappa shape index (κ1) is 17.4. The molecule has 144 valence electrons. The molecule has 3 aromatic rings. The van der Waals surface area contributed by atoms with E-state index in [9.17, 15) is 9.59 Å². The number of anilines is 1. The highest BCUT2D eigenvalue weighted by Gasteiger charge is 2.28. The number of hydrogen-bond acceptors (Lipinski definition) is 7. The van der Waals surface area contributed by atoms with Gasteiger partial charge < -0.3 is 19.9 Å². The first-order chi connectivity index (χ1) is 13.2. The normalized spacial score (nSPS) is 15.1. The maximum absolute atomic E-state index is 12.5. The summed E-state index contributed by atoms with van der Waals surface area (Å²) in [5.74, 6) is -0.219. The SMILES string of the molecule is COC(=O)N1CCC(C(=O)Nc2nc(-c3ncnc4[nH]ccc34)cs2)CC1.[HH].[HH]. The van der Waals surface area contributed by atoms with Gasteiger partial charge in [-0.3, -0.25) is 4.79 Å². The second-order valence-corrected chi connectivity index (χ2v) is 7.08. The van der Waals surface area contributed by atoms with Crippen molar-refractivity contribution in [1.82, 2.24) is 24.8 Å². The lowest BCUT2D eigenvalue weighted by Gasteiger charge is -2.29. The molecule has 1 fully saturated rings. The van der Waals surface area contributed by atoms with Crippen molar-refractivity contribution < 1.29 is 17.2 Å². The largest absolute Gasteiger partial charge is 0.453 e. The second-order valence-electron chi connectivity index (χ2n) is 6.22. The van der Waals surface area contributed by atoms with Gasteiger partial charge in [0.2, 0.25) is 5.91 Å². The van der Waals surface area contributed by atoms with E-state index in [4.69, 9.17) is 4.74 Å². The van der Waals surface area contributed by atoms with E-state index in [1.165, 1.54) is 24.8 Å². The van der Waals surface area contributed by atoms with Crippen LogP contribution in [0.2, 0.25) is 0 Å². The van der Waals surface area contributed by atoms with E-state index < -0.39 is 0 Å². The molecule has 1 aliphatic rings. The first-order valence-corrected chi connectivity index (χ1v) is 9.41. The zero-order chi connectivity index (χ0) is 18.8. The van der Waals surface area contributed by atoms with E-state index >= 15 is 0 Å². The number of likely N-dealkylation sites (tertiary alicyclic amines) is 1. The standard InChI is InChI=1S/C17H18N6O3S.2H2/c1-26-17(25)23-6-3-10(4-7-23)15(24)22-16-21-12(8-27-16)13-11-2-5-18-14(11)20-9-19-13;;/h2,5,8-10H,3-4,6-7H2,1H3,(H,18,19,20)(H,21,22,24);2*1H. The second kappa shape index (κ2) is 7.31. The Labute approximate surface area is 161 Å². The van der Waals surface area contributed by atoms with Gasteiger partial charge in [0.05, 0.1) is 7.11 Å². The Balaban J connectivity index is 0.00000150. The highest BCUT2D eigenvalue weighted by Crippen LogP contribution is 2.29. The molecular weight excluding hydrogens is 368 g/mol. The van der Waals surface area contributed by atoms with Crippen LogP contribution in [0.3, 0.4) is 0 Å². The minimum Gasteiger partial charge on any atom is -0.453 e. The van der Waals surface area contributed by atoms with Crippen LogP contribution in [0.1, 0.15) is 15.7 Å². The summed E-state index contributed by atoms with van der Waals surface area (Å²) in [6.45, 7) is 1.03. The van der Waals surface area contributed by atoms with Gasteiger partial charge in [-0.2, -0.15) is 0 Å². The number of carbonyl (C=O) groups excluding carboxylic acids is 2. The molecule has 4 rings (SSSR count). The predicted octanol–water partition coefficient (Wildman–Crippen LogP) is 2.99. The summed E-state index contributed by atoms with van der Waals surface area (Å²) in [6.07, 6.45) is 4.16. The molecule has 0 saturated carbocycles. The van der Waals surface area contributed by atoms with E-state index in [0.717, 1.165) is 16.7 Å². The summed E-state index contributed by atoms with van der Waals surface area (Å²) in [7, 11) is 1.36. The third-order valence-electron chi connectivity index (χ3n) is 4.63. The number of fused-ring (bicyclic) bond motifs is 1. The zero-order valence-electron chi connectivity index (χ0n) is 14.6. The Bertz CT molecular complexity index is 986. The van der Waals surface area contributed by atoms with Crippen LogP contribution in [0.5, 0.6) is 0 Å². The number of methoxy groups -OCH3 is 1. The summed E-state index contributed by atoms with van der Waals surface area (Å²) in [5, 5.41) is 6.17. The van der Waals surface area contributed by atoms with Crippen molar-refractivity contribution in [2.75, 3.05) is 25.5 Å². The number of nitrogens with one attached hydrogen (secondary N) is 2. The Morgan fingerprint density at radius 1 is 1.37 bits per heavy atom. The number of aromatic nitrogens is 4. The predicted molar refractivity (Wildman–Crippen MR) is 105 cm³/mol. The van der Waals surface area contributed by atoms with E-state index in [-0.39, 0.29) is 20.8 Å². The molecule has 0 aliphatic carbocycles. The van der Waals surface area contributed by atoms with Gasteiger partial charge in [-0.1, -0.05) is 0 Å².